The lowest BCUT2D eigenvalue weighted by atomic mass is 10.1. The Balaban J connectivity index is 2.33. The van der Waals surface area contributed by atoms with Crippen molar-refractivity contribution in [1.82, 2.24) is 25.4 Å². The van der Waals surface area contributed by atoms with Crippen LogP contribution in [0.3, 0.4) is 0 Å². The molecule has 35 heavy (non-hydrogen) atoms. The van der Waals surface area contributed by atoms with Crippen molar-refractivity contribution >= 4 is 23.8 Å². The maximum atomic E-state index is 13.3. The average molecular weight is 528 g/mol. The van der Waals surface area contributed by atoms with Crippen LogP contribution in [0.25, 0.3) is 5.69 Å². The molecule has 0 aliphatic carbocycles. The highest BCUT2D eigenvalue weighted by atomic mass is 35.5. The van der Waals surface area contributed by atoms with Crippen LogP contribution in [-0.4, -0.2) is 51.4 Å². The Morgan fingerprint density at radius 3 is 2.37 bits per heavy atom. The summed E-state index contributed by atoms with van der Waals surface area (Å²) in [6.07, 6.45) is -9.10. The van der Waals surface area contributed by atoms with E-state index in [4.69, 9.17) is 21.1 Å². The molecule has 9 nitrogen and oxygen atoms in total. The third-order valence-corrected chi connectivity index (χ3v) is 4.59. The molecule has 2 N–H and O–H groups in total. The van der Waals surface area contributed by atoms with Gasteiger partial charge in [-0.25, -0.2) is 28.0 Å². The number of amides is 2. The van der Waals surface area contributed by atoms with Gasteiger partial charge in [-0.05, 0) is 45.4 Å². The highest BCUT2D eigenvalue weighted by Crippen LogP contribution is 2.28. The Morgan fingerprint density at radius 2 is 1.80 bits per heavy atom. The second-order valence-corrected chi connectivity index (χ2v) is 8.65. The fraction of sp³-hybridized carbons (Fsp3) is 0.500. The number of carbonyl (C=O) groups is 2. The summed E-state index contributed by atoms with van der Waals surface area (Å²) in [5.74, 6) is -0.697. The predicted molar refractivity (Wildman–Crippen MR) is 113 cm³/mol. The summed E-state index contributed by atoms with van der Waals surface area (Å²) >= 11 is 6.14. The fourth-order valence-corrected chi connectivity index (χ4v) is 2.82. The van der Waals surface area contributed by atoms with E-state index in [1.165, 1.54) is 18.2 Å². The zero-order chi connectivity index (χ0) is 26.6. The first-order chi connectivity index (χ1) is 16.1. The van der Waals surface area contributed by atoms with Gasteiger partial charge >= 0.3 is 18.4 Å². The molecule has 0 spiro atoms. The summed E-state index contributed by atoms with van der Waals surface area (Å²) in [6, 6.07) is 0.649. The number of halogens is 6. The molecule has 1 aromatic carbocycles. The van der Waals surface area contributed by atoms with Crippen molar-refractivity contribution in [3.63, 3.8) is 0 Å². The molecule has 0 aliphatic heterocycles. The van der Waals surface area contributed by atoms with E-state index in [1.807, 2.05) is 0 Å². The van der Waals surface area contributed by atoms with Gasteiger partial charge in [0.2, 0.25) is 0 Å². The van der Waals surface area contributed by atoms with Crippen molar-refractivity contribution in [2.75, 3.05) is 6.61 Å². The Morgan fingerprint density at radius 1 is 1.14 bits per heavy atom. The van der Waals surface area contributed by atoms with Gasteiger partial charge in [0, 0.05) is 0 Å². The monoisotopic (exact) mass is 527 g/mol. The van der Waals surface area contributed by atoms with E-state index in [1.54, 1.807) is 26.1 Å². The zero-order valence-corrected chi connectivity index (χ0v) is 19.7. The van der Waals surface area contributed by atoms with Crippen molar-refractivity contribution in [3.8, 4) is 5.69 Å². The van der Waals surface area contributed by atoms with Crippen molar-refractivity contribution in [1.29, 1.82) is 0 Å². The number of alkyl carbamates (subject to hydrolysis) is 2. The third-order valence-electron chi connectivity index (χ3n) is 4.27. The van der Waals surface area contributed by atoms with Gasteiger partial charge < -0.3 is 20.1 Å². The molecule has 194 valence electrons. The van der Waals surface area contributed by atoms with Crippen LogP contribution in [0.2, 0.25) is 5.02 Å². The lowest BCUT2D eigenvalue weighted by molar-refractivity contribution is -0.150. The second kappa shape index (κ2) is 11.1. The zero-order valence-electron chi connectivity index (χ0n) is 19.0. The van der Waals surface area contributed by atoms with Crippen molar-refractivity contribution in [2.45, 2.75) is 58.0 Å². The number of rotatable bonds is 7. The average Bonchev–Trinajstić information content (AvgIpc) is 3.19. The Kier molecular flexibility index (Phi) is 8.87. The molecule has 0 unspecified atom stereocenters. The summed E-state index contributed by atoms with van der Waals surface area (Å²) in [4.78, 5) is 27.7. The molecular weight excluding hydrogens is 505 g/mol. The van der Waals surface area contributed by atoms with Crippen LogP contribution in [0.1, 0.15) is 51.6 Å². The fourth-order valence-electron chi connectivity index (χ4n) is 2.62. The van der Waals surface area contributed by atoms with E-state index in [9.17, 15) is 31.5 Å². The summed E-state index contributed by atoms with van der Waals surface area (Å²) in [5.41, 5.74) is -0.724. The molecule has 0 aliphatic rings. The van der Waals surface area contributed by atoms with E-state index in [2.05, 4.69) is 15.4 Å². The molecule has 2 amide bonds. The van der Waals surface area contributed by atoms with Gasteiger partial charge in [-0.2, -0.15) is 18.3 Å². The number of benzene rings is 1. The topological polar surface area (TPSA) is 107 Å². The van der Waals surface area contributed by atoms with Gasteiger partial charge in [0.25, 0.3) is 6.43 Å². The number of nitrogens with zero attached hydrogens (tertiary/aromatic N) is 3. The van der Waals surface area contributed by atoms with Crippen LogP contribution in [0, 0.1) is 0 Å². The molecule has 15 heteroatoms. The Labute approximate surface area is 201 Å². The molecule has 0 saturated carbocycles. The van der Waals surface area contributed by atoms with Crippen molar-refractivity contribution < 1.29 is 41.0 Å². The molecule has 2 atom stereocenters. The maximum absolute atomic E-state index is 13.3. The van der Waals surface area contributed by atoms with Crippen LogP contribution in [0.15, 0.2) is 24.5 Å². The standard InChI is InChI=1S/C20H23ClF5N5O4/c1-10(20(24,25)26)29-17(32)34-8-13(30-18(33)35-19(2,3)4)11-5-6-12(21)14(7-11)31-16(15(22)23)27-9-28-31/h5-7,9-10,13,15H,8H2,1-4H3,(H,29,32)(H,30,33)/t10-,13+/m0/s1. The first-order valence-electron chi connectivity index (χ1n) is 10.1. The largest absolute Gasteiger partial charge is 0.447 e. The van der Waals surface area contributed by atoms with E-state index in [0.717, 1.165) is 17.9 Å². The summed E-state index contributed by atoms with van der Waals surface area (Å²) in [5, 5.41) is 7.80. The number of carbonyl (C=O) groups excluding carboxylic acids is 2. The molecule has 2 aromatic rings. The number of nitrogens with one attached hydrogen (secondary N) is 2. The van der Waals surface area contributed by atoms with Gasteiger partial charge in [0.05, 0.1) is 16.8 Å². The van der Waals surface area contributed by atoms with Crippen LogP contribution in [-0.2, 0) is 9.47 Å². The predicted octanol–water partition coefficient (Wildman–Crippen LogP) is 5.10. The van der Waals surface area contributed by atoms with Crippen LogP contribution < -0.4 is 10.6 Å². The van der Waals surface area contributed by atoms with Gasteiger partial charge in [-0.1, -0.05) is 17.7 Å². The third kappa shape index (κ3) is 8.23. The van der Waals surface area contributed by atoms with Gasteiger partial charge in [0.15, 0.2) is 5.82 Å². The molecule has 1 heterocycles. The summed E-state index contributed by atoms with van der Waals surface area (Å²) in [6.45, 7) is 4.89. The molecule has 0 saturated heterocycles. The van der Waals surface area contributed by atoms with Crippen LogP contribution in [0.4, 0.5) is 31.5 Å². The number of hydrogen-bond acceptors (Lipinski definition) is 6. The Hall–Kier alpha value is -3.16. The van der Waals surface area contributed by atoms with E-state index in [0.29, 0.717) is 0 Å². The minimum atomic E-state index is -4.70. The molecule has 2 rings (SSSR count). The first-order valence-corrected chi connectivity index (χ1v) is 10.4. The normalized spacial score (nSPS) is 13.8. The van der Waals surface area contributed by atoms with E-state index >= 15 is 0 Å². The number of alkyl halides is 5. The molecular formula is C20H23ClF5N5O4. The van der Waals surface area contributed by atoms with E-state index in [-0.39, 0.29) is 16.3 Å². The second-order valence-electron chi connectivity index (χ2n) is 8.25. The van der Waals surface area contributed by atoms with Crippen LogP contribution in [0.5, 0.6) is 0 Å². The van der Waals surface area contributed by atoms with E-state index < -0.39 is 54.9 Å². The van der Waals surface area contributed by atoms with Gasteiger partial charge in [-0.3, -0.25) is 0 Å². The number of hydrogen-bond donors (Lipinski definition) is 2. The first kappa shape index (κ1) is 28.1. The lowest BCUT2D eigenvalue weighted by Crippen LogP contribution is -2.44. The molecule has 0 bridgehead atoms. The molecule has 0 fully saturated rings. The smallest absolute Gasteiger partial charge is 0.408 e. The minimum absolute atomic E-state index is 0.00910. The summed E-state index contributed by atoms with van der Waals surface area (Å²) in [7, 11) is 0. The van der Waals surface area contributed by atoms with Gasteiger partial charge in [0.1, 0.15) is 24.6 Å². The van der Waals surface area contributed by atoms with Crippen molar-refractivity contribution in [2.24, 2.45) is 0 Å². The SMILES string of the molecule is C[C@H](NC(=O)OC[C@@H](NC(=O)OC(C)(C)C)c1ccc(Cl)c(-n2ncnc2C(F)F)c1)C(F)(F)F. The maximum Gasteiger partial charge on any atom is 0.408 e. The quantitative estimate of drug-likeness (QED) is 0.485. The highest BCUT2D eigenvalue weighted by Gasteiger charge is 2.37. The molecule has 0 radical (unpaired) electrons. The summed E-state index contributed by atoms with van der Waals surface area (Å²) < 4.78 is 75.5. The van der Waals surface area contributed by atoms with Gasteiger partial charge in [-0.15, -0.1) is 0 Å². The lowest BCUT2D eigenvalue weighted by Gasteiger charge is -2.24. The Bertz CT molecular complexity index is 1040. The van der Waals surface area contributed by atoms with Crippen molar-refractivity contribution in [3.05, 3.63) is 40.9 Å². The highest BCUT2D eigenvalue weighted by molar-refractivity contribution is 6.32. The minimum Gasteiger partial charge on any atom is -0.447 e. The number of aromatic nitrogens is 3. The molecule has 1 aromatic heterocycles. The number of ether oxygens (including phenoxy) is 2. The van der Waals surface area contributed by atoms with Crippen LogP contribution >= 0.6 is 11.6 Å².